The lowest BCUT2D eigenvalue weighted by Gasteiger charge is -2.08. The molecular formula is C20H19N9. The van der Waals surface area contributed by atoms with Crippen LogP contribution < -0.4 is 5.32 Å². The Kier molecular flexibility index (Phi) is 5.19. The van der Waals surface area contributed by atoms with E-state index in [1.54, 1.807) is 21.5 Å². The summed E-state index contributed by atoms with van der Waals surface area (Å²) >= 11 is 0. The van der Waals surface area contributed by atoms with Gasteiger partial charge in [-0.2, -0.15) is 0 Å². The van der Waals surface area contributed by atoms with Gasteiger partial charge in [-0.05, 0) is 43.1 Å². The number of hydrogen-bond acceptors (Lipinski definition) is 7. The Hall–Kier alpha value is -4.14. The van der Waals surface area contributed by atoms with Crippen LogP contribution in [0.2, 0.25) is 0 Å². The second-order valence-electron chi connectivity index (χ2n) is 6.34. The molecule has 9 heteroatoms. The van der Waals surface area contributed by atoms with Crippen LogP contribution in [0.1, 0.15) is 22.3 Å². The third-order valence-corrected chi connectivity index (χ3v) is 4.38. The van der Waals surface area contributed by atoms with E-state index in [2.05, 4.69) is 49.5 Å². The highest BCUT2D eigenvalue weighted by molar-refractivity contribution is 5.48. The third kappa shape index (κ3) is 4.24. The smallest absolute Gasteiger partial charge is 0.250 e. The minimum Gasteiger partial charge on any atom is -0.290 e. The average molecular weight is 385 g/mol. The molecule has 0 aliphatic heterocycles. The number of anilines is 2. The van der Waals surface area contributed by atoms with Crippen LogP contribution in [0.4, 0.5) is 11.9 Å². The van der Waals surface area contributed by atoms with E-state index >= 15 is 0 Å². The van der Waals surface area contributed by atoms with E-state index in [0.29, 0.717) is 25.0 Å². The molecule has 0 aliphatic carbocycles. The maximum absolute atomic E-state index is 4.05. The average Bonchev–Trinajstić information content (AvgIpc) is 3.39. The highest BCUT2D eigenvalue weighted by Crippen LogP contribution is 2.14. The van der Waals surface area contributed by atoms with Gasteiger partial charge in [0.15, 0.2) is 0 Å². The van der Waals surface area contributed by atoms with Gasteiger partial charge in [0.05, 0.1) is 13.1 Å². The van der Waals surface area contributed by atoms with Crippen LogP contribution in [0, 0.1) is 0 Å². The zero-order chi connectivity index (χ0) is 20.1. The summed E-state index contributed by atoms with van der Waals surface area (Å²) in [5, 5.41) is 26.8. The number of nitrogens with zero attached hydrogens (tertiary/aromatic N) is 8. The summed E-state index contributed by atoms with van der Waals surface area (Å²) in [6.07, 6.45) is 3.61. The zero-order valence-corrected chi connectivity index (χ0v) is 15.7. The van der Waals surface area contributed by atoms with E-state index in [9.17, 15) is 0 Å². The van der Waals surface area contributed by atoms with Crippen LogP contribution in [0.25, 0.3) is 12.2 Å². The monoisotopic (exact) mass is 385 g/mol. The maximum atomic E-state index is 4.05. The second kappa shape index (κ2) is 8.26. The molecule has 0 bridgehead atoms. The predicted molar refractivity (Wildman–Crippen MR) is 110 cm³/mol. The fraction of sp³-hybridized carbons (Fsp3) is 0.100. The van der Waals surface area contributed by atoms with Crippen LogP contribution in [-0.4, -0.2) is 40.4 Å². The molecule has 9 nitrogen and oxygen atoms in total. The molecule has 0 radical (unpaired) electrons. The normalized spacial score (nSPS) is 10.6. The van der Waals surface area contributed by atoms with Gasteiger partial charge in [-0.15, -0.1) is 0 Å². The number of benzene rings is 2. The summed E-state index contributed by atoms with van der Waals surface area (Å²) in [5.41, 5.74) is 4.24. The minimum absolute atomic E-state index is 0.454. The Balaban J connectivity index is 1.49. The molecular weight excluding hydrogens is 366 g/mol. The number of aromatic nitrogens is 8. The van der Waals surface area contributed by atoms with Gasteiger partial charge >= 0.3 is 0 Å². The van der Waals surface area contributed by atoms with Crippen molar-refractivity contribution in [2.75, 3.05) is 5.32 Å². The van der Waals surface area contributed by atoms with Gasteiger partial charge in [-0.1, -0.05) is 84.0 Å². The van der Waals surface area contributed by atoms with Gasteiger partial charge < -0.3 is 0 Å². The van der Waals surface area contributed by atoms with E-state index in [-0.39, 0.29) is 0 Å². The molecule has 0 saturated carbocycles. The molecule has 4 rings (SSSR count). The Morgan fingerprint density at radius 3 is 1.48 bits per heavy atom. The summed E-state index contributed by atoms with van der Waals surface area (Å²) in [4.78, 5) is 0. The summed E-state index contributed by atoms with van der Waals surface area (Å²) in [7, 11) is 0. The Labute approximate surface area is 167 Å². The first-order valence-electron chi connectivity index (χ1n) is 8.97. The molecule has 1 N–H and O–H groups in total. The van der Waals surface area contributed by atoms with E-state index < -0.39 is 0 Å². The first-order valence-corrected chi connectivity index (χ1v) is 8.97. The molecule has 29 heavy (non-hydrogen) atoms. The SMILES string of the molecule is C=Cc1ccc(Cn2nnnc2Nc2nnnn2Cc2ccc(C=C)cc2)cc1. The van der Waals surface area contributed by atoms with Crippen molar-refractivity contribution in [2.45, 2.75) is 13.1 Å². The molecule has 0 fully saturated rings. The van der Waals surface area contributed by atoms with Crippen molar-refractivity contribution in [3.8, 4) is 0 Å². The molecule has 4 aromatic rings. The molecule has 0 amide bonds. The standard InChI is InChI=1S/C20H19N9/c1-3-15-5-9-17(10-6-15)13-28-19(22-24-26-28)21-20-23-25-27-29(20)14-18-11-7-16(4-2)8-12-18/h3-12H,1-2,13-14H2,(H,21,22,23,26,27). The molecule has 144 valence electrons. The second-order valence-corrected chi connectivity index (χ2v) is 6.34. The van der Waals surface area contributed by atoms with Crippen LogP contribution in [-0.2, 0) is 13.1 Å². The molecule has 2 aromatic carbocycles. The fourth-order valence-electron chi connectivity index (χ4n) is 2.77. The molecule has 0 spiro atoms. The largest absolute Gasteiger partial charge is 0.290 e. The zero-order valence-electron chi connectivity index (χ0n) is 15.7. The molecule has 0 aliphatic rings. The van der Waals surface area contributed by atoms with E-state index in [4.69, 9.17) is 0 Å². The van der Waals surface area contributed by atoms with Gasteiger partial charge in [0, 0.05) is 0 Å². The highest BCUT2D eigenvalue weighted by Gasteiger charge is 2.12. The molecule has 0 unspecified atom stereocenters. The summed E-state index contributed by atoms with van der Waals surface area (Å²) in [6.45, 7) is 8.55. The number of tetrazole rings is 2. The highest BCUT2D eigenvalue weighted by atomic mass is 15.6. The molecule has 0 atom stereocenters. The van der Waals surface area contributed by atoms with Crippen molar-refractivity contribution in [3.05, 3.63) is 83.9 Å². The minimum atomic E-state index is 0.454. The summed E-state index contributed by atoms with van der Waals surface area (Å²) < 4.78 is 3.31. The molecule has 2 aromatic heterocycles. The topological polar surface area (TPSA) is 99.2 Å². The number of hydrogen-bond donors (Lipinski definition) is 1. The van der Waals surface area contributed by atoms with Crippen molar-refractivity contribution < 1.29 is 0 Å². The van der Waals surface area contributed by atoms with Gasteiger partial charge in [-0.3, -0.25) is 5.32 Å². The van der Waals surface area contributed by atoms with Gasteiger partial charge in [0.2, 0.25) is 11.9 Å². The first-order chi connectivity index (χ1) is 14.2. The Morgan fingerprint density at radius 1 is 0.690 bits per heavy atom. The lowest BCUT2D eigenvalue weighted by atomic mass is 10.1. The van der Waals surface area contributed by atoms with Crippen LogP contribution in [0.5, 0.6) is 0 Å². The van der Waals surface area contributed by atoms with Crippen molar-refractivity contribution in [1.82, 2.24) is 40.4 Å². The molecule has 2 heterocycles. The van der Waals surface area contributed by atoms with Crippen molar-refractivity contribution >= 4 is 24.0 Å². The van der Waals surface area contributed by atoms with Crippen LogP contribution in [0.3, 0.4) is 0 Å². The number of nitrogens with one attached hydrogen (secondary N) is 1. The fourth-order valence-corrected chi connectivity index (χ4v) is 2.77. The maximum Gasteiger partial charge on any atom is 0.250 e. The number of rotatable bonds is 8. The van der Waals surface area contributed by atoms with E-state index in [0.717, 1.165) is 22.3 Å². The van der Waals surface area contributed by atoms with Crippen molar-refractivity contribution in [3.63, 3.8) is 0 Å². The first kappa shape index (κ1) is 18.2. The van der Waals surface area contributed by atoms with Gasteiger partial charge in [0.1, 0.15) is 0 Å². The third-order valence-electron chi connectivity index (χ3n) is 4.38. The lowest BCUT2D eigenvalue weighted by molar-refractivity contribution is 0.644. The van der Waals surface area contributed by atoms with Crippen LogP contribution >= 0.6 is 0 Å². The van der Waals surface area contributed by atoms with Crippen molar-refractivity contribution in [2.24, 2.45) is 0 Å². The summed E-state index contributed by atoms with van der Waals surface area (Å²) in [6, 6.07) is 16.0. The van der Waals surface area contributed by atoms with E-state index in [1.165, 1.54) is 0 Å². The van der Waals surface area contributed by atoms with Gasteiger partial charge in [0.25, 0.3) is 0 Å². The Morgan fingerprint density at radius 2 is 1.10 bits per heavy atom. The lowest BCUT2D eigenvalue weighted by Crippen LogP contribution is -2.11. The molecule has 0 saturated heterocycles. The van der Waals surface area contributed by atoms with Crippen LogP contribution in [0.15, 0.2) is 61.7 Å². The predicted octanol–water partition coefficient (Wildman–Crippen LogP) is 2.79. The quantitative estimate of drug-likeness (QED) is 0.498. The Bertz CT molecular complexity index is 1020. The summed E-state index contributed by atoms with van der Waals surface area (Å²) in [5.74, 6) is 0.909. The van der Waals surface area contributed by atoms with Crippen molar-refractivity contribution in [1.29, 1.82) is 0 Å². The van der Waals surface area contributed by atoms with E-state index in [1.807, 2.05) is 48.5 Å². The van der Waals surface area contributed by atoms with Gasteiger partial charge in [-0.25, -0.2) is 9.36 Å².